The van der Waals surface area contributed by atoms with Crippen LogP contribution in [0.2, 0.25) is 0 Å². The number of nitrogens with two attached hydrogens (primary N) is 1. The van der Waals surface area contributed by atoms with E-state index in [2.05, 4.69) is 7.05 Å². The molecule has 2 saturated heterocycles. The third-order valence-corrected chi connectivity index (χ3v) is 5.86. The highest BCUT2D eigenvalue weighted by Crippen LogP contribution is 2.40. The van der Waals surface area contributed by atoms with Gasteiger partial charge < -0.3 is 20.1 Å². The molecule has 0 spiro atoms. The zero-order valence-electron chi connectivity index (χ0n) is 11.9. The molecular weight excluding hydrogens is 405 g/mol. The monoisotopic (exact) mass is 425 g/mol. The highest BCUT2D eigenvalue weighted by molar-refractivity contribution is 14.0. The van der Waals surface area contributed by atoms with Crippen LogP contribution in [0.3, 0.4) is 0 Å². The van der Waals surface area contributed by atoms with Gasteiger partial charge in [-0.2, -0.15) is 0 Å². The molecule has 0 aromatic rings. The number of likely N-dealkylation sites (tertiary alicyclic amines) is 1. The molecule has 8 heteroatoms. The first-order chi connectivity index (χ1) is 9.43. The van der Waals surface area contributed by atoms with Gasteiger partial charge in [-0.3, -0.25) is 9.69 Å². The molecule has 21 heavy (non-hydrogen) atoms. The van der Waals surface area contributed by atoms with E-state index in [4.69, 9.17) is 5.73 Å². The zero-order chi connectivity index (χ0) is 14.5. The van der Waals surface area contributed by atoms with Crippen LogP contribution in [-0.4, -0.2) is 65.1 Å². The number of quaternary nitrogens is 1. The van der Waals surface area contributed by atoms with Gasteiger partial charge in [-0.1, -0.05) is 0 Å². The second-order valence-corrected chi connectivity index (χ2v) is 7.21. The van der Waals surface area contributed by atoms with Crippen LogP contribution in [-0.2, 0) is 9.59 Å². The SMILES string of the molecule is C[N+]1(CC2=C(C(=O)[O-])N3C(=O)C(N)C3SC2)CCCC1.I. The van der Waals surface area contributed by atoms with Gasteiger partial charge in [0.1, 0.15) is 18.0 Å². The van der Waals surface area contributed by atoms with Crippen LogP contribution in [0.1, 0.15) is 12.8 Å². The maximum absolute atomic E-state index is 11.8. The van der Waals surface area contributed by atoms with Crippen LogP contribution in [0.4, 0.5) is 0 Å². The molecule has 118 valence electrons. The van der Waals surface area contributed by atoms with Crippen LogP contribution in [0.5, 0.6) is 0 Å². The summed E-state index contributed by atoms with van der Waals surface area (Å²) >= 11 is 1.56. The van der Waals surface area contributed by atoms with Gasteiger partial charge in [0.05, 0.1) is 31.8 Å². The second kappa shape index (κ2) is 6.05. The van der Waals surface area contributed by atoms with Gasteiger partial charge in [0.2, 0.25) is 5.91 Å². The Labute approximate surface area is 145 Å². The fourth-order valence-electron chi connectivity index (χ4n) is 3.41. The molecular formula is C13H20IN3O3S. The number of rotatable bonds is 3. The third-order valence-electron chi connectivity index (χ3n) is 4.50. The molecule has 0 aliphatic carbocycles. The first-order valence-corrected chi connectivity index (χ1v) is 7.95. The summed E-state index contributed by atoms with van der Waals surface area (Å²) < 4.78 is 0.853. The minimum Gasteiger partial charge on any atom is -0.543 e. The van der Waals surface area contributed by atoms with Crippen LogP contribution >= 0.6 is 35.7 Å². The number of carboxylic acid groups (broad SMARTS) is 1. The number of hydrogen-bond donors (Lipinski definition) is 1. The molecule has 2 unspecified atom stereocenters. The quantitative estimate of drug-likeness (QED) is 0.360. The Bertz CT molecular complexity index is 505. The molecule has 2 atom stereocenters. The van der Waals surface area contributed by atoms with Crippen molar-refractivity contribution in [3.63, 3.8) is 0 Å². The zero-order valence-corrected chi connectivity index (χ0v) is 15.1. The van der Waals surface area contributed by atoms with E-state index in [0.717, 1.165) is 23.1 Å². The van der Waals surface area contributed by atoms with Gasteiger partial charge in [0, 0.05) is 24.2 Å². The van der Waals surface area contributed by atoms with Gasteiger partial charge in [0.25, 0.3) is 0 Å². The summed E-state index contributed by atoms with van der Waals surface area (Å²) in [5.41, 5.74) is 6.61. The van der Waals surface area contributed by atoms with Gasteiger partial charge in [-0.15, -0.1) is 35.7 Å². The van der Waals surface area contributed by atoms with Crippen molar-refractivity contribution in [2.24, 2.45) is 5.73 Å². The number of hydrogen-bond acceptors (Lipinski definition) is 5. The molecule has 0 bridgehead atoms. The molecule has 3 heterocycles. The van der Waals surface area contributed by atoms with Gasteiger partial charge in [-0.05, 0) is 0 Å². The van der Waals surface area contributed by atoms with E-state index in [-0.39, 0.29) is 41.0 Å². The van der Waals surface area contributed by atoms with E-state index in [1.54, 1.807) is 11.8 Å². The standard InChI is InChI=1S/C13H19N3O3S.HI/c1-16(4-2-3-5-16)6-8-7-20-12-9(14)11(17)15(12)10(8)13(18)19;/h9,12H,2-7,14H2,1H3;1H. The number of carbonyl (C=O) groups is 2. The van der Waals surface area contributed by atoms with Crippen molar-refractivity contribution in [1.82, 2.24) is 4.90 Å². The van der Waals surface area contributed by atoms with Crippen molar-refractivity contribution < 1.29 is 19.2 Å². The maximum atomic E-state index is 11.8. The highest BCUT2D eigenvalue weighted by atomic mass is 127. The molecule has 0 aromatic heterocycles. The van der Waals surface area contributed by atoms with E-state index >= 15 is 0 Å². The summed E-state index contributed by atoms with van der Waals surface area (Å²) in [5.74, 6) is -0.932. The topological polar surface area (TPSA) is 86.5 Å². The number of likely N-dealkylation sites (N-methyl/N-ethyl adjacent to an activating group) is 1. The number of amides is 1. The molecule has 3 aliphatic rings. The maximum Gasteiger partial charge on any atom is 0.248 e. The first kappa shape index (κ1) is 17.0. The lowest BCUT2D eigenvalue weighted by Gasteiger charge is -2.50. The summed E-state index contributed by atoms with van der Waals surface area (Å²) in [6, 6.07) is -0.576. The molecule has 0 saturated carbocycles. The summed E-state index contributed by atoms with van der Waals surface area (Å²) in [4.78, 5) is 24.6. The Balaban J connectivity index is 0.00000161. The molecule has 0 aromatic carbocycles. The number of thioether (sulfide) groups is 1. The minimum atomic E-state index is -1.25. The predicted octanol–water partition coefficient (Wildman–Crippen LogP) is -0.909. The molecule has 0 radical (unpaired) electrons. The number of halogens is 1. The van der Waals surface area contributed by atoms with Crippen molar-refractivity contribution in [2.75, 3.05) is 32.4 Å². The molecule has 2 N–H and O–H groups in total. The number of nitrogens with zero attached hydrogens (tertiary/aromatic N) is 2. The number of carboxylic acids is 1. The largest absolute Gasteiger partial charge is 0.543 e. The minimum absolute atomic E-state index is 0. The van der Waals surface area contributed by atoms with E-state index in [1.807, 2.05) is 0 Å². The van der Waals surface area contributed by atoms with E-state index < -0.39 is 12.0 Å². The number of aliphatic carboxylic acids is 1. The average Bonchev–Trinajstić information content (AvgIpc) is 2.83. The van der Waals surface area contributed by atoms with Crippen molar-refractivity contribution in [2.45, 2.75) is 24.3 Å². The van der Waals surface area contributed by atoms with Crippen molar-refractivity contribution in [3.8, 4) is 0 Å². The lowest BCUT2D eigenvalue weighted by Crippen LogP contribution is -2.69. The van der Waals surface area contributed by atoms with Crippen LogP contribution < -0.4 is 10.8 Å². The van der Waals surface area contributed by atoms with Gasteiger partial charge in [0.15, 0.2) is 0 Å². The smallest absolute Gasteiger partial charge is 0.248 e. The Kier molecular flexibility index (Phi) is 4.91. The van der Waals surface area contributed by atoms with Crippen molar-refractivity contribution in [3.05, 3.63) is 11.3 Å². The fraction of sp³-hybridized carbons (Fsp3) is 0.692. The summed E-state index contributed by atoms with van der Waals surface area (Å²) in [7, 11) is 2.15. The van der Waals surface area contributed by atoms with Crippen molar-refractivity contribution in [1.29, 1.82) is 0 Å². The molecule has 1 amide bonds. The molecule has 2 fully saturated rings. The van der Waals surface area contributed by atoms with E-state index in [9.17, 15) is 14.7 Å². The van der Waals surface area contributed by atoms with Gasteiger partial charge >= 0.3 is 0 Å². The van der Waals surface area contributed by atoms with Crippen LogP contribution in [0.15, 0.2) is 11.3 Å². The number of β-lactam (4-membered cyclic amide) rings is 1. The third kappa shape index (κ3) is 2.82. The number of carbonyl (C=O) groups excluding carboxylic acids is 2. The van der Waals surface area contributed by atoms with E-state index in [1.165, 1.54) is 17.7 Å². The second-order valence-electron chi connectivity index (χ2n) is 6.11. The van der Waals surface area contributed by atoms with Crippen LogP contribution in [0.25, 0.3) is 0 Å². The first-order valence-electron chi connectivity index (χ1n) is 6.90. The van der Waals surface area contributed by atoms with E-state index in [0.29, 0.717) is 12.3 Å². The summed E-state index contributed by atoms with van der Waals surface area (Å²) in [5, 5.41) is 11.2. The Morgan fingerprint density at radius 1 is 1.48 bits per heavy atom. The molecule has 6 nitrogen and oxygen atoms in total. The summed E-state index contributed by atoms with van der Waals surface area (Å²) in [6.07, 6.45) is 2.35. The average molecular weight is 425 g/mol. The normalized spacial score (nSPS) is 30.6. The van der Waals surface area contributed by atoms with Crippen molar-refractivity contribution >= 4 is 47.6 Å². The summed E-state index contributed by atoms with van der Waals surface area (Å²) in [6.45, 7) is 2.80. The lowest BCUT2D eigenvalue weighted by atomic mass is 10.0. The highest BCUT2D eigenvalue weighted by Gasteiger charge is 2.50. The van der Waals surface area contributed by atoms with Gasteiger partial charge in [-0.25, -0.2) is 0 Å². The Morgan fingerprint density at radius 2 is 2.10 bits per heavy atom. The Morgan fingerprint density at radius 3 is 2.67 bits per heavy atom. The molecule has 3 aliphatic heterocycles. The number of fused-ring (bicyclic) bond motifs is 1. The fourth-order valence-corrected chi connectivity index (χ4v) is 4.69. The molecule has 3 rings (SSSR count). The lowest BCUT2D eigenvalue weighted by molar-refractivity contribution is -0.893. The predicted molar refractivity (Wildman–Crippen MR) is 88.5 cm³/mol. The Hall–Kier alpha value is -0.320. The van der Waals surface area contributed by atoms with Crippen LogP contribution in [0, 0.1) is 0 Å².